The van der Waals surface area contributed by atoms with E-state index in [1.807, 2.05) is 48.7 Å². The Kier molecular flexibility index (Phi) is 5.89. The zero-order valence-electron chi connectivity index (χ0n) is 17.2. The number of rotatable bonds is 7. The normalized spacial score (nSPS) is 10.9. The lowest BCUT2D eigenvalue weighted by atomic mass is 10.1. The summed E-state index contributed by atoms with van der Waals surface area (Å²) in [6, 6.07) is 18.7. The van der Waals surface area contributed by atoms with Crippen LogP contribution in [0.4, 0.5) is 0 Å². The van der Waals surface area contributed by atoms with Crippen LogP contribution in [0.5, 0.6) is 11.5 Å². The lowest BCUT2D eigenvalue weighted by molar-refractivity contribution is 0.104. The lowest BCUT2D eigenvalue weighted by Crippen LogP contribution is -1.97. The Labute approximate surface area is 180 Å². The predicted molar refractivity (Wildman–Crippen MR) is 120 cm³/mol. The highest BCUT2D eigenvalue weighted by Crippen LogP contribution is 2.28. The van der Waals surface area contributed by atoms with E-state index < -0.39 is 0 Å². The summed E-state index contributed by atoms with van der Waals surface area (Å²) in [5.41, 5.74) is 3.95. The maximum absolute atomic E-state index is 12.8. The molecule has 0 fully saturated rings. The van der Waals surface area contributed by atoms with Crippen LogP contribution in [0, 0.1) is 0 Å². The molecule has 154 valence electrons. The Balaban J connectivity index is 1.69. The summed E-state index contributed by atoms with van der Waals surface area (Å²) < 4.78 is 12.3. The van der Waals surface area contributed by atoms with Gasteiger partial charge in [0.2, 0.25) is 0 Å². The minimum Gasteiger partial charge on any atom is -0.493 e. The average Bonchev–Trinajstić information content (AvgIpc) is 3.27. The van der Waals surface area contributed by atoms with Crippen molar-refractivity contribution in [3.63, 3.8) is 0 Å². The maximum atomic E-state index is 12.8. The first-order valence-electron chi connectivity index (χ1n) is 9.69. The monoisotopic (exact) mass is 411 g/mol. The molecular formula is C25H21N3O3. The number of methoxy groups -OCH3 is 2. The molecule has 0 spiro atoms. The van der Waals surface area contributed by atoms with Crippen LogP contribution in [-0.4, -0.2) is 34.8 Å². The summed E-state index contributed by atoms with van der Waals surface area (Å²) in [6.45, 7) is 0. The van der Waals surface area contributed by atoms with Gasteiger partial charge in [-0.3, -0.25) is 9.78 Å². The largest absolute Gasteiger partial charge is 0.493 e. The molecule has 4 rings (SSSR count). The molecular weight excluding hydrogens is 390 g/mol. The van der Waals surface area contributed by atoms with Gasteiger partial charge in [0.05, 0.1) is 19.9 Å². The summed E-state index contributed by atoms with van der Waals surface area (Å²) in [4.78, 5) is 16.9. The molecule has 2 aromatic heterocycles. The van der Waals surface area contributed by atoms with Gasteiger partial charge in [-0.05, 0) is 54.6 Å². The highest BCUT2D eigenvalue weighted by atomic mass is 16.5. The zero-order valence-corrected chi connectivity index (χ0v) is 17.2. The fraction of sp³-hybridized carbons (Fsp3) is 0.0800. The minimum atomic E-state index is -0.144. The van der Waals surface area contributed by atoms with Crippen LogP contribution in [0.2, 0.25) is 0 Å². The number of hydrogen-bond donors (Lipinski definition) is 0. The summed E-state index contributed by atoms with van der Waals surface area (Å²) in [7, 11) is 3.10. The molecule has 6 heteroatoms. The third kappa shape index (κ3) is 4.38. The van der Waals surface area contributed by atoms with Crippen molar-refractivity contribution < 1.29 is 14.3 Å². The van der Waals surface area contributed by atoms with Crippen molar-refractivity contribution in [2.75, 3.05) is 14.2 Å². The first kappa shape index (κ1) is 20.1. The van der Waals surface area contributed by atoms with Gasteiger partial charge in [0.1, 0.15) is 5.69 Å². The van der Waals surface area contributed by atoms with Crippen molar-refractivity contribution in [3.8, 4) is 28.4 Å². The number of allylic oxidation sites excluding steroid dienone is 1. The second-order valence-corrected chi connectivity index (χ2v) is 6.72. The van der Waals surface area contributed by atoms with E-state index >= 15 is 0 Å². The SMILES string of the molecule is COc1ccc(C(=O)/C=C/c2cn(-c3ccccc3)nc2-c2ccncc2)cc1OC. The van der Waals surface area contributed by atoms with Crippen molar-refractivity contribution >= 4 is 11.9 Å². The van der Waals surface area contributed by atoms with Crippen LogP contribution < -0.4 is 9.47 Å². The molecule has 6 nitrogen and oxygen atoms in total. The van der Waals surface area contributed by atoms with Gasteiger partial charge in [-0.1, -0.05) is 18.2 Å². The predicted octanol–water partition coefficient (Wildman–Crippen LogP) is 4.85. The zero-order chi connectivity index (χ0) is 21.6. The second-order valence-electron chi connectivity index (χ2n) is 6.72. The standard InChI is InChI=1S/C25H21N3O3/c1-30-23-11-9-19(16-24(23)31-2)22(29)10-8-20-17-28(21-6-4-3-5-7-21)27-25(20)18-12-14-26-15-13-18/h3-17H,1-2H3/b10-8+. The number of carbonyl (C=O) groups is 1. The van der Waals surface area contributed by atoms with E-state index in [1.165, 1.54) is 6.08 Å². The van der Waals surface area contributed by atoms with E-state index in [9.17, 15) is 4.79 Å². The topological polar surface area (TPSA) is 66.2 Å². The Morgan fingerprint density at radius 2 is 1.68 bits per heavy atom. The number of ketones is 1. The molecule has 0 saturated carbocycles. The highest BCUT2D eigenvalue weighted by Gasteiger charge is 2.12. The van der Waals surface area contributed by atoms with Crippen LogP contribution in [0.1, 0.15) is 15.9 Å². The molecule has 0 unspecified atom stereocenters. The Morgan fingerprint density at radius 3 is 2.39 bits per heavy atom. The molecule has 0 atom stereocenters. The molecule has 0 bridgehead atoms. The smallest absolute Gasteiger partial charge is 0.185 e. The van der Waals surface area contributed by atoms with E-state index in [-0.39, 0.29) is 5.78 Å². The second kappa shape index (κ2) is 9.09. The quantitative estimate of drug-likeness (QED) is 0.321. The number of benzene rings is 2. The van der Waals surface area contributed by atoms with Gasteiger partial charge in [-0.25, -0.2) is 4.68 Å². The van der Waals surface area contributed by atoms with E-state index in [2.05, 4.69) is 4.98 Å². The molecule has 0 radical (unpaired) electrons. The summed E-state index contributed by atoms with van der Waals surface area (Å²) in [5, 5.41) is 4.74. The molecule has 31 heavy (non-hydrogen) atoms. The van der Waals surface area contributed by atoms with Crippen LogP contribution in [0.15, 0.2) is 85.3 Å². The lowest BCUT2D eigenvalue weighted by Gasteiger charge is -2.07. The van der Waals surface area contributed by atoms with Crippen molar-refractivity contribution in [2.45, 2.75) is 0 Å². The average molecular weight is 411 g/mol. The number of carbonyl (C=O) groups excluding carboxylic acids is 1. The molecule has 4 aromatic rings. The number of para-hydroxylation sites is 1. The Hall–Kier alpha value is -4.19. The van der Waals surface area contributed by atoms with Gasteiger partial charge in [0.25, 0.3) is 0 Å². The Bertz CT molecular complexity index is 1220. The fourth-order valence-electron chi connectivity index (χ4n) is 3.21. The maximum Gasteiger partial charge on any atom is 0.185 e. The van der Waals surface area contributed by atoms with Gasteiger partial charge in [-0.2, -0.15) is 5.10 Å². The van der Waals surface area contributed by atoms with E-state index in [1.54, 1.807) is 55.6 Å². The summed E-state index contributed by atoms with van der Waals surface area (Å²) >= 11 is 0. The van der Waals surface area contributed by atoms with Gasteiger partial charge in [0.15, 0.2) is 17.3 Å². The number of nitrogens with zero attached hydrogens (tertiary/aromatic N) is 3. The minimum absolute atomic E-state index is 0.144. The van der Waals surface area contributed by atoms with E-state index in [4.69, 9.17) is 14.6 Å². The molecule has 0 saturated heterocycles. The molecule has 0 aliphatic heterocycles. The van der Waals surface area contributed by atoms with Crippen molar-refractivity contribution in [3.05, 3.63) is 96.5 Å². The van der Waals surface area contributed by atoms with Gasteiger partial charge < -0.3 is 9.47 Å². The molecule has 0 amide bonds. The van der Waals surface area contributed by atoms with Gasteiger partial charge >= 0.3 is 0 Å². The third-order valence-corrected chi connectivity index (χ3v) is 4.80. The fourth-order valence-corrected chi connectivity index (χ4v) is 3.21. The first-order valence-corrected chi connectivity index (χ1v) is 9.69. The number of pyridine rings is 1. The van der Waals surface area contributed by atoms with Gasteiger partial charge in [0, 0.05) is 35.3 Å². The molecule has 2 heterocycles. The number of aromatic nitrogens is 3. The summed E-state index contributed by atoms with van der Waals surface area (Å²) in [5.74, 6) is 0.942. The number of hydrogen-bond acceptors (Lipinski definition) is 5. The van der Waals surface area contributed by atoms with Crippen LogP contribution in [0.3, 0.4) is 0 Å². The van der Waals surface area contributed by atoms with Crippen molar-refractivity contribution in [1.82, 2.24) is 14.8 Å². The Morgan fingerprint density at radius 1 is 0.935 bits per heavy atom. The summed E-state index contributed by atoms with van der Waals surface area (Å²) in [6.07, 6.45) is 8.67. The number of ether oxygens (including phenoxy) is 2. The molecule has 0 N–H and O–H groups in total. The van der Waals surface area contributed by atoms with Crippen LogP contribution in [-0.2, 0) is 0 Å². The van der Waals surface area contributed by atoms with E-state index in [0.29, 0.717) is 17.1 Å². The molecule has 2 aromatic carbocycles. The van der Waals surface area contributed by atoms with Gasteiger partial charge in [-0.15, -0.1) is 0 Å². The van der Waals surface area contributed by atoms with Crippen molar-refractivity contribution in [1.29, 1.82) is 0 Å². The van der Waals surface area contributed by atoms with Crippen molar-refractivity contribution in [2.24, 2.45) is 0 Å². The molecule has 0 aliphatic carbocycles. The van der Waals surface area contributed by atoms with Crippen LogP contribution in [0.25, 0.3) is 23.0 Å². The van der Waals surface area contributed by atoms with E-state index in [0.717, 1.165) is 22.5 Å². The highest BCUT2D eigenvalue weighted by molar-refractivity contribution is 6.07. The third-order valence-electron chi connectivity index (χ3n) is 4.80. The van der Waals surface area contributed by atoms with Crippen LogP contribution >= 0.6 is 0 Å². The first-order chi connectivity index (χ1) is 15.2. The molecule has 0 aliphatic rings.